The van der Waals surface area contributed by atoms with Crippen molar-refractivity contribution in [2.45, 2.75) is 33.1 Å². The molecule has 3 aromatic heterocycles. The van der Waals surface area contributed by atoms with E-state index >= 15 is 0 Å². The second kappa shape index (κ2) is 6.40. The van der Waals surface area contributed by atoms with Gasteiger partial charge in [0.25, 0.3) is 0 Å². The number of nitrogens with zero attached hydrogens (tertiary/aromatic N) is 6. The predicted octanol–water partition coefficient (Wildman–Crippen LogP) is 3.44. The van der Waals surface area contributed by atoms with Gasteiger partial charge >= 0.3 is 0 Å². The first-order chi connectivity index (χ1) is 12.2. The van der Waals surface area contributed by atoms with Gasteiger partial charge in [-0.05, 0) is 30.5 Å². The number of hydrogen-bond donors (Lipinski definition) is 0. The van der Waals surface area contributed by atoms with Crippen molar-refractivity contribution in [3.05, 3.63) is 53.0 Å². The fraction of sp³-hybridized carbons (Fsp3) is 0.333. The highest BCUT2D eigenvalue weighted by atomic mass is 32.1. The Kier molecular flexibility index (Phi) is 4.09. The molecule has 0 radical (unpaired) electrons. The van der Waals surface area contributed by atoms with Gasteiger partial charge in [0.15, 0.2) is 10.8 Å². The fourth-order valence-electron chi connectivity index (χ4n) is 2.96. The molecule has 0 spiro atoms. The summed E-state index contributed by atoms with van der Waals surface area (Å²) in [5.74, 6) is 0.864. The molecule has 7 heteroatoms. The summed E-state index contributed by atoms with van der Waals surface area (Å²) >= 11 is 1.55. The molecule has 3 heterocycles. The van der Waals surface area contributed by atoms with Crippen molar-refractivity contribution in [3.8, 4) is 10.7 Å². The molecule has 0 saturated carbocycles. The topological polar surface area (TPSA) is 60.9 Å². The van der Waals surface area contributed by atoms with Gasteiger partial charge in [0, 0.05) is 13.5 Å². The first kappa shape index (κ1) is 16.0. The zero-order valence-electron chi connectivity index (χ0n) is 14.6. The van der Waals surface area contributed by atoms with Gasteiger partial charge in [-0.15, -0.1) is 10.2 Å². The summed E-state index contributed by atoms with van der Waals surface area (Å²) < 4.78 is 3.76. The van der Waals surface area contributed by atoms with Gasteiger partial charge in [0.1, 0.15) is 0 Å². The van der Waals surface area contributed by atoms with Crippen molar-refractivity contribution in [1.82, 2.24) is 29.6 Å². The van der Waals surface area contributed by atoms with E-state index < -0.39 is 0 Å². The predicted molar refractivity (Wildman–Crippen MR) is 98.8 cm³/mol. The van der Waals surface area contributed by atoms with Crippen LogP contribution in [0.2, 0.25) is 0 Å². The molecule has 0 aliphatic carbocycles. The smallest absolute Gasteiger partial charge is 0.235 e. The van der Waals surface area contributed by atoms with Gasteiger partial charge in [-0.1, -0.05) is 48.9 Å². The van der Waals surface area contributed by atoms with Crippen LogP contribution in [0.4, 0.5) is 0 Å². The Morgan fingerprint density at radius 1 is 1.12 bits per heavy atom. The highest BCUT2D eigenvalue weighted by Crippen LogP contribution is 2.26. The number of benzene rings is 1. The summed E-state index contributed by atoms with van der Waals surface area (Å²) in [4.78, 5) is 0.817. The number of aromatic nitrogens is 6. The van der Waals surface area contributed by atoms with E-state index in [2.05, 4.69) is 59.5 Å². The Hall–Kier alpha value is -2.54. The minimum absolute atomic E-state index is 0.726. The third-order valence-corrected chi connectivity index (χ3v) is 5.24. The van der Waals surface area contributed by atoms with Crippen molar-refractivity contribution in [3.63, 3.8) is 0 Å². The molecule has 1 aromatic carbocycles. The van der Waals surface area contributed by atoms with Crippen LogP contribution in [0.3, 0.4) is 0 Å². The molecule has 0 unspecified atom stereocenters. The molecule has 0 fully saturated rings. The van der Waals surface area contributed by atoms with Gasteiger partial charge in [-0.25, -0.2) is 0 Å². The maximum absolute atomic E-state index is 4.75. The largest absolute Gasteiger partial charge is 0.265 e. The SMILES string of the molecule is CCCc1cc(-c2nn3c(Cc4ccccc4C)nnc3s2)n(C)n1. The molecule has 6 nitrogen and oxygen atoms in total. The van der Waals surface area contributed by atoms with E-state index in [1.165, 1.54) is 11.1 Å². The molecule has 0 N–H and O–H groups in total. The minimum Gasteiger partial charge on any atom is -0.265 e. The molecule has 0 aliphatic heterocycles. The second-order valence-corrected chi connectivity index (χ2v) is 7.17. The van der Waals surface area contributed by atoms with Crippen molar-refractivity contribution >= 4 is 16.3 Å². The summed E-state index contributed by atoms with van der Waals surface area (Å²) in [6, 6.07) is 10.5. The summed E-state index contributed by atoms with van der Waals surface area (Å²) in [6.07, 6.45) is 2.79. The first-order valence-electron chi connectivity index (χ1n) is 8.44. The highest BCUT2D eigenvalue weighted by Gasteiger charge is 2.16. The number of hydrogen-bond acceptors (Lipinski definition) is 5. The van der Waals surface area contributed by atoms with E-state index in [1.807, 2.05) is 16.2 Å². The van der Waals surface area contributed by atoms with E-state index in [-0.39, 0.29) is 0 Å². The van der Waals surface area contributed by atoms with E-state index in [1.54, 1.807) is 11.3 Å². The minimum atomic E-state index is 0.726. The van der Waals surface area contributed by atoms with E-state index in [4.69, 9.17) is 5.10 Å². The Labute approximate surface area is 150 Å². The first-order valence-corrected chi connectivity index (χ1v) is 9.26. The maximum Gasteiger partial charge on any atom is 0.235 e. The van der Waals surface area contributed by atoms with Crippen molar-refractivity contribution in [2.75, 3.05) is 0 Å². The Morgan fingerprint density at radius 3 is 2.76 bits per heavy atom. The average molecular weight is 352 g/mol. The van der Waals surface area contributed by atoms with Crippen LogP contribution in [0.5, 0.6) is 0 Å². The highest BCUT2D eigenvalue weighted by molar-refractivity contribution is 7.19. The number of aryl methyl sites for hydroxylation is 3. The average Bonchev–Trinajstić information content (AvgIpc) is 3.25. The lowest BCUT2D eigenvalue weighted by Gasteiger charge is -2.02. The molecular weight excluding hydrogens is 332 g/mol. The van der Waals surface area contributed by atoms with Crippen LogP contribution in [0.15, 0.2) is 30.3 Å². The lowest BCUT2D eigenvalue weighted by molar-refractivity contribution is 0.736. The van der Waals surface area contributed by atoms with Crippen molar-refractivity contribution in [1.29, 1.82) is 0 Å². The van der Waals surface area contributed by atoms with E-state index in [0.29, 0.717) is 0 Å². The molecule has 4 rings (SSSR count). The Bertz CT molecular complexity index is 1030. The molecule has 0 atom stereocenters. The standard InChI is InChI=1S/C18H20N6S/c1-4-7-14-11-15(23(3)21-14)17-22-24-16(19-20-18(24)25-17)10-13-9-6-5-8-12(13)2/h5-6,8-9,11H,4,7,10H2,1-3H3. The van der Waals surface area contributed by atoms with E-state index in [0.717, 1.165) is 46.4 Å². The van der Waals surface area contributed by atoms with Crippen LogP contribution >= 0.6 is 11.3 Å². The molecule has 0 aliphatic rings. The molecule has 128 valence electrons. The van der Waals surface area contributed by atoms with Gasteiger partial charge in [0.2, 0.25) is 4.96 Å². The maximum atomic E-state index is 4.75. The lowest BCUT2D eigenvalue weighted by atomic mass is 10.1. The van der Waals surface area contributed by atoms with Crippen LogP contribution in [0.1, 0.15) is 36.0 Å². The fourth-order valence-corrected chi connectivity index (χ4v) is 3.86. The summed E-state index contributed by atoms with van der Waals surface area (Å²) in [7, 11) is 1.96. The van der Waals surface area contributed by atoms with Crippen LogP contribution in [-0.4, -0.2) is 29.6 Å². The molecule has 4 aromatic rings. The molecule has 25 heavy (non-hydrogen) atoms. The monoisotopic (exact) mass is 352 g/mol. The van der Waals surface area contributed by atoms with Gasteiger partial charge in [0.05, 0.1) is 11.4 Å². The van der Waals surface area contributed by atoms with Gasteiger partial charge < -0.3 is 0 Å². The number of rotatable bonds is 5. The molecular formula is C18H20N6S. The lowest BCUT2D eigenvalue weighted by Crippen LogP contribution is -2.00. The molecule has 0 amide bonds. The zero-order valence-corrected chi connectivity index (χ0v) is 15.4. The molecule has 0 bridgehead atoms. The zero-order chi connectivity index (χ0) is 17.4. The third-order valence-electron chi connectivity index (χ3n) is 4.32. The quantitative estimate of drug-likeness (QED) is 0.552. The summed E-state index contributed by atoms with van der Waals surface area (Å²) in [6.45, 7) is 4.28. The third kappa shape index (κ3) is 2.95. The van der Waals surface area contributed by atoms with E-state index in [9.17, 15) is 0 Å². The van der Waals surface area contributed by atoms with Crippen LogP contribution in [0, 0.1) is 6.92 Å². The molecule has 0 saturated heterocycles. The summed E-state index contributed by atoms with van der Waals surface area (Å²) in [5, 5.41) is 18.9. The number of fused-ring (bicyclic) bond motifs is 1. The Balaban J connectivity index is 1.70. The van der Waals surface area contributed by atoms with Crippen molar-refractivity contribution in [2.24, 2.45) is 7.05 Å². The van der Waals surface area contributed by atoms with Crippen LogP contribution < -0.4 is 0 Å². The normalized spacial score (nSPS) is 11.5. The van der Waals surface area contributed by atoms with Gasteiger partial charge in [-0.3, -0.25) is 4.68 Å². The van der Waals surface area contributed by atoms with Crippen LogP contribution in [0.25, 0.3) is 15.7 Å². The second-order valence-electron chi connectivity index (χ2n) is 6.22. The van der Waals surface area contributed by atoms with Crippen LogP contribution in [-0.2, 0) is 19.9 Å². The Morgan fingerprint density at radius 2 is 1.96 bits per heavy atom. The summed E-state index contributed by atoms with van der Waals surface area (Å²) in [5.41, 5.74) is 4.63. The van der Waals surface area contributed by atoms with Crippen molar-refractivity contribution < 1.29 is 0 Å². The van der Waals surface area contributed by atoms with Gasteiger partial charge in [-0.2, -0.15) is 14.7 Å².